The molecule has 1 aromatic heterocycles. The molecule has 3 heterocycles. The Bertz CT molecular complexity index is 556. The largest absolute Gasteiger partial charge is 0.379 e. The maximum absolute atomic E-state index is 12.2. The minimum Gasteiger partial charge on any atom is -0.379 e. The minimum absolute atomic E-state index is 0.0630. The van der Waals surface area contributed by atoms with Crippen molar-refractivity contribution < 1.29 is 9.53 Å². The maximum Gasteiger partial charge on any atom is 0.317 e. The Kier molecular flexibility index (Phi) is 5.91. The van der Waals surface area contributed by atoms with E-state index < -0.39 is 0 Å². The maximum atomic E-state index is 12.2. The first-order chi connectivity index (χ1) is 12.1. The van der Waals surface area contributed by atoms with E-state index in [2.05, 4.69) is 27.3 Å². The predicted molar refractivity (Wildman–Crippen MR) is 97.2 cm³/mol. The number of piperidine rings is 1. The van der Waals surface area contributed by atoms with Crippen LogP contribution >= 0.6 is 0 Å². The molecule has 2 amide bonds. The van der Waals surface area contributed by atoms with Crippen LogP contribution in [0.15, 0.2) is 24.5 Å². The highest BCUT2D eigenvalue weighted by molar-refractivity contribution is 5.74. The summed E-state index contributed by atoms with van der Waals surface area (Å²) in [6.07, 6.45) is 5.72. The summed E-state index contributed by atoms with van der Waals surface area (Å²) in [4.78, 5) is 20.8. The molecule has 0 atom stereocenters. The van der Waals surface area contributed by atoms with Crippen molar-refractivity contribution in [2.24, 2.45) is 5.41 Å². The smallest absolute Gasteiger partial charge is 0.317 e. The molecule has 2 aliphatic heterocycles. The van der Waals surface area contributed by atoms with E-state index in [9.17, 15) is 4.79 Å². The second-order valence-corrected chi connectivity index (χ2v) is 7.71. The number of hydrogen-bond acceptors (Lipinski definition) is 4. The summed E-state index contributed by atoms with van der Waals surface area (Å²) in [5.74, 6) is 0. The van der Waals surface area contributed by atoms with Gasteiger partial charge in [0, 0.05) is 56.6 Å². The molecule has 25 heavy (non-hydrogen) atoms. The highest BCUT2D eigenvalue weighted by Gasteiger charge is 2.39. The van der Waals surface area contributed by atoms with Crippen molar-refractivity contribution in [1.29, 1.82) is 0 Å². The molecule has 1 aromatic rings. The van der Waals surface area contributed by atoms with Gasteiger partial charge < -0.3 is 15.0 Å². The molecule has 1 N–H and O–H groups in total. The molecule has 3 rings (SSSR count). The lowest BCUT2D eigenvalue weighted by molar-refractivity contribution is 0.0228. The molecular formula is C19H30N4O2. The minimum atomic E-state index is 0.0630. The number of carbonyl (C=O) groups excluding carboxylic acids is 1. The van der Waals surface area contributed by atoms with Gasteiger partial charge in [-0.05, 0) is 44.4 Å². The van der Waals surface area contributed by atoms with Crippen LogP contribution in [0, 0.1) is 5.41 Å². The van der Waals surface area contributed by atoms with Gasteiger partial charge in [0.2, 0.25) is 0 Å². The van der Waals surface area contributed by atoms with Crippen molar-refractivity contribution in [1.82, 2.24) is 20.1 Å². The van der Waals surface area contributed by atoms with Crippen molar-refractivity contribution in [2.45, 2.75) is 39.3 Å². The molecule has 2 saturated heterocycles. The number of pyridine rings is 1. The number of likely N-dealkylation sites (tertiary alicyclic amines) is 1. The number of rotatable bonds is 3. The topological polar surface area (TPSA) is 57.7 Å². The lowest BCUT2D eigenvalue weighted by Crippen LogP contribution is -2.52. The molecule has 6 heteroatoms. The van der Waals surface area contributed by atoms with E-state index in [-0.39, 0.29) is 17.5 Å². The summed E-state index contributed by atoms with van der Waals surface area (Å²) >= 11 is 0. The van der Waals surface area contributed by atoms with Crippen LogP contribution in [0.2, 0.25) is 0 Å². The molecule has 0 radical (unpaired) electrons. The van der Waals surface area contributed by atoms with E-state index in [4.69, 9.17) is 4.74 Å². The molecule has 0 aromatic carbocycles. The fraction of sp³-hybridized carbons (Fsp3) is 0.684. The number of carbonyl (C=O) groups is 1. The van der Waals surface area contributed by atoms with Gasteiger partial charge in [-0.3, -0.25) is 9.88 Å². The Labute approximate surface area is 150 Å². The quantitative estimate of drug-likeness (QED) is 0.911. The molecule has 0 bridgehead atoms. The van der Waals surface area contributed by atoms with Gasteiger partial charge in [0.1, 0.15) is 0 Å². The van der Waals surface area contributed by atoms with E-state index in [1.807, 2.05) is 31.1 Å². The number of amides is 2. The fourth-order valence-corrected chi connectivity index (χ4v) is 3.79. The molecule has 138 valence electrons. The first-order valence-electron chi connectivity index (χ1n) is 9.31. The highest BCUT2D eigenvalue weighted by atomic mass is 16.5. The number of urea groups is 1. The number of nitrogens with one attached hydrogen (secondary N) is 1. The average molecular weight is 346 g/mol. The molecule has 6 nitrogen and oxygen atoms in total. The normalized spacial score (nSPS) is 21.3. The molecular weight excluding hydrogens is 316 g/mol. The third-order valence-electron chi connectivity index (χ3n) is 5.20. The highest BCUT2D eigenvalue weighted by Crippen LogP contribution is 2.34. The summed E-state index contributed by atoms with van der Waals surface area (Å²) in [6.45, 7) is 10.1. The van der Waals surface area contributed by atoms with E-state index in [1.165, 1.54) is 5.56 Å². The van der Waals surface area contributed by atoms with Gasteiger partial charge in [0.05, 0.1) is 13.2 Å². The van der Waals surface area contributed by atoms with E-state index in [0.717, 1.165) is 58.8 Å². The lowest BCUT2D eigenvalue weighted by Gasteiger charge is -2.42. The summed E-state index contributed by atoms with van der Waals surface area (Å²) < 4.78 is 5.94. The van der Waals surface area contributed by atoms with Gasteiger partial charge in [0.15, 0.2) is 0 Å². The van der Waals surface area contributed by atoms with E-state index >= 15 is 0 Å². The summed E-state index contributed by atoms with van der Waals surface area (Å²) in [5, 5.41) is 3.00. The van der Waals surface area contributed by atoms with Gasteiger partial charge in [-0.1, -0.05) is 0 Å². The van der Waals surface area contributed by atoms with Gasteiger partial charge in [-0.2, -0.15) is 0 Å². The Morgan fingerprint density at radius 3 is 2.68 bits per heavy atom. The number of hydrogen-bond donors (Lipinski definition) is 1. The molecule has 0 saturated carbocycles. The van der Waals surface area contributed by atoms with Crippen LogP contribution in [-0.2, 0) is 11.3 Å². The van der Waals surface area contributed by atoms with Gasteiger partial charge in [-0.15, -0.1) is 0 Å². The van der Waals surface area contributed by atoms with Crippen LogP contribution < -0.4 is 5.32 Å². The second kappa shape index (κ2) is 8.15. The van der Waals surface area contributed by atoms with Crippen molar-refractivity contribution in [3.63, 3.8) is 0 Å². The third kappa shape index (κ3) is 4.92. The third-order valence-corrected chi connectivity index (χ3v) is 5.20. The SMILES string of the molecule is CC(C)NC(=O)N1CCC2(CC1)COCCN(Cc1ccncc1)C2. The molecule has 1 spiro atoms. The predicted octanol–water partition coefficient (Wildman–Crippen LogP) is 2.11. The van der Waals surface area contributed by atoms with Crippen molar-refractivity contribution >= 4 is 6.03 Å². The Morgan fingerprint density at radius 1 is 1.28 bits per heavy atom. The van der Waals surface area contributed by atoms with Gasteiger partial charge >= 0.3 is 6.03 Å². The second-order valence-electron chi connectivity index (χ2n) is 7.71. The summed E-state index contributed by atoms with van der Waals surface area (Å²) in [5.41, 5.74) is 1.46. The zero-order chi connectivity index (χ0) is 17.7. The fourth-order valence-electron chi connectivity index (χ4n) is 3.79. The zero-order valence-electron chi connectivity index (χ0n) is 15.4. The van der Waals surface area contributed by atoms with Crippen molar-refractivity contribution in [3.05, 3.63) is 30.1 Å². The number of nitrogens with zero attached hydrogens (tertiary/aromatic N) is 3. The van der Waals surface area contributed by atoms with Crippen molar-refractivity contribution in [2.75, 3.05) is 39.4 Å². The summed E-state index contributed by atoms with van der Waals surface area (Å²) in [7, 11) is 0. The zero-order valence-corrected chi connectivity index (χ0v) is 15.4. The van der Waals surface area contributed by atoms with Crippen LogP contribution in [0.1, 0.15) is 32.3 Å². The average Bonchev–Trinajstić information content (AvgIpc) is 2.78. The Balaban J connectivity index is 1.58. The Morgan fingerprint density at radius 2 is 2.00 bits per heavy atom. The summed E-state index contributed by atoms with van der Waals surface area (Å²) in [6, 6.07) is 4.41. The first kappa shape index (κ1) is 18.1. The molecule has 2 fully saturated rings. The lowest BCUT2D eigenvalue weighted by atomic mass is 9.78. The van der Waals surface area contributed by atoms with Crippen LogP contribution in [-0.4, -0.2) is 66.2 Å². The van der Waals surface area contributed by atoms with Crippen LogP contribution in [0.3, 0.4) is 0 Å². The first-order valence-corrected chi connectivity index (χ1v) is 9.31. The van der Waals surface area contributed by atoms with E-state index in [0.29, 0.717) is 0 Å². The molecule has 2 aliphatic rings. The number of ether oxygens (including phenoxy) is 1. The van der Waals surface area contributed by atoms with Gasteiger partial charge in [-0.25, -0.2) is 4.79 Å². The standard InChI is InChI=1S/C19H30N4O2/c1-16(2)21-18(24)23-9-5-19(6-10-23)14-22(11-12-25-15-19)13-17-3-7-20-8-4-17/h3-4,7-8,16H,5-6,9-15H2,1-2H3,(H,21,24). The molecule has 0 aliphatic carbocycles. The van der Waals surface area contributed by atoms with Crippen molar-refractivity contribution in [3.8, 4) is 0 Å². The van der Waals surface area contributed by atoms with Crippen LogP contribution in [0.5, 0.6) is 0 Å². The molecule has 0 unspecified atom stereocenters. The van der Waals surface area contributed by atoms with E-state index in [1.54, 1.807) is 0 Å². The van der Waals surface area contributed by atoms with Gasteiger partial charge in [0.25, 0.3) is 0 Å². The Hall–Kier alpha value is -1.66. The van der Waals surface area contributed by atoms with Crippen LogP contribution in [0.4, 0.5) is 4.79 Å². The van der Waals surface area contributed by atoms with Crippen LogP contribution in [0.25, 0.3) is 0 Å². The number of aromatic nitrogens is 1. The monoisotopic (exact) mass is 346 g/mol.